The van der Waals surface area contributed by atoms with Crippen molar-refractivity contribution in [1.82, 2.24) is 5.32 Å². The molecule has 0 aliphatic carbocycles. The normalized spacial score (nSPS) is 11.7. The highest BCUT2D eigenvalue weighted by Crippen LogP contribution is 2.15. The first-order valence-corrected chi connectivity index (χ1v) is 6.26. The lowest BCUT2D eigenvalue weighted by Crippen LogP contribution is -2.19. The van der Waals surface area contributed by atoms with Gasteiger partial charge in [-0.15, -0.1) is 0 Å². The molecule has 1 aromatic rings. The van der Waals surface area contributed by atoms with E-state index in [2.05, 4.69) is 5.32 Å². The molecular weight excluding hydrogens is 217 g/mol. The van der Waals surface area contributed by atoms with Gasteiger partial charge in [0.1, 0.15) is 5.82 Å². The fourth-order valence-corrected chi connectivity index (χ4v) is 2.51. The molecule has 0 fully saturated rings. The highest BCUT2D eigenvalue weighted by Gasteiger charge is 2.14. The van der Waals surface area contributed by atoms with Crippen LogP contribution in [-0.4, -0.2) is 27.8 Å². The summed E-state index contributed by atoms with van der Waals surface area (Å²) in [6.07, 6.45) is 0. The van der Waals surface area contributed by atoms with Crippen LogP contribution in [0, 0.1) is 12.7 Å². The molecule has 0 aliphatic heterocycles. The Morgan fingerprint density at radius 3 is 2.60 bits per heavy atom. The third kappa shape index (κ3) is 3.00. The van der Waals surface area contributed by atoms with Gasteiger partial charge < -0.3 is 5.32 Å². The number of sulfone groups is 1. The minimum atomic E-state index is -3.29. The van der Waals surface area contributed by atoms with Gasteiger partial charge in [0.05, 0.1) is 10.6 Å². The number of hydrogen-bond acceptors (Lipinski definition) is 3. The number of benzene rings is 1. The van der Waals surface area contributed by atoms with Crippen LogP contribution in [0.25, 0.3) is 0 Å². The lowest BCUT2D eigenvalue weighted by Gasteiger charge is -2.05. The quantitative estimate of drug-likeness (QED) is 0.790. The van der Waals surface area contributed by atoms with E-state index in [0.29, 0.717) is 12.1 Å². The van der Waals surface area contributed by atoms with Gasteiger partial charge in [0.15, 0.2) is 9.84 Å². The fourth-order valence-electron chi connectivity index (χ4n) is 1.16. The zero-order valence-electron chi connectivity index (χ0n) is 8.75. The molecule has 3 nitrogen and oxygen atoms in total. The predicted molar refractivity (Wildman–Crippen MR) is 57.1 cm³/mol. The summed E-state index contributed by atoms with van der Waals surface area (Å²) in [6, 6.07) is 3.84. The monoisotopic (exact) mass is 231 g/mol. The van der Waals surface area contributed by atoms with E-state index in [-0.39, 0.29) is 16.5 Å². The van der Waals surface area contributed by atoms with Gasteiger partial charge in [-0.1, -0.05) is 0 Å². The maximum absolute atomic E-state index is 12.9. The summed E-state index contributed by atoms with van der Waals surface area (Å²) in [4.78, 5) is 0.177. The van der Waals surface area contributed by atoms with E-state index in [1.165, 1.54) is 18.2 Å². The Balaban J connectivity index is 3.00. The van der Waals surface area contributed by atoms with Crippen LogP contribution in [0.3, 0.4) is 0 Å². The smallest absolute Gasteiger partial charge is 0.179 e. The van der Waals surface area contributed by atoms with Crippen LogP contribution >= 0.6 is 0 Å². The van der Waals surface area contributed by atoms with Crippen molar-refractivity contribution in [3.05, 3.63) is 29.6 Å². The van der Waals surface area contributed by atoms with Crippen LogP contribution in [-0.2, 0) is 9.84 Å². The predicted octanol–water partition coefficient (Wildman–Crippen LogP) is 1.13. The van der Waals surface area contributed by atoms with Gasteiger partial charge >= 0.3 is 0 Å². The molecule has 1 rings (SSSR count). The van der Waals surface area contributed by atoms with Gasteiger partial charge in [-0.25, -0.2) is 12.8 Å². The van der Waals surface area contributed by atoms with Crippen molar-refractivity contribution >= 4 is 9.84 Å². The molecule has 0 unspecified atom stereocenters. The zero-order valence-corrected chi connectivity index (χ0v) is 9.57. The minimum Gasteiger partial charge on any atom is -0.319 e. The number of aryl methyl sites for hydroxylation is 1. The van der Waals surface area contributed by atoms with Crippen LogP contribution in [0.15, 0.2) is 23.1 Å². The van der Waals surface area contributed by atoms with Crippen LogP contribution < -0.4 is 5.32 Å². The lowest BCUT2D eigenvalue weighted by molar-refractivity contribution is 0.591. The number of nitrogens with one attached hydrogen (secondary N) is 1. The Hall–Kier alpha value is -0.940. The van der Waals surface area contributed by atoms with E-state index < -0.39 is 9.84 Å². The Morgan fingerprint density at radius 1 is 1.40 bits per heavy atom. The molecule has 0 aromatic heterocycles. The summed E-state index contributed by atoms with van der Waals surface area (Å²) in [5, 5.41) is 2.77. The van der Waals surface area contributed by atoms with Crippen molar-refractivity contribution in [3.8, 4) is 0 Å². The molecule has 0 bridgehead atoms. The summed E-state index contributed by atoms with van der Waals surface area (Å²) >= 11 is 0. The third-order valence-electron chi connectivity index (χ3n) is 2.11. The second kappa shape index (κ2) is 4.72. The minimum absolute atomic E-state index is 0.0224. The molecule has 5 heteroatoms. The first-order valence-electron chi connectivity index (χ1n) is 4.61. The van der Waals surface area contributed by atoms with Crippen LogP contribution in [0.5, 0.6) is 0 Å². The Morgan fingerprint density at radius 2 is 2.07 bits per heavy atom. The molecule has 0 radical (unpaired) electrons. The molecule has 1 aromatic carbocycles. The Bertz CT molecular complexity index is 443. The van der Waals surface area contributed by atoms with Crippen molar-refractivity contribution in [2.24, 2.45) is 0 Å². The number of hydrogen-bond donors (Lipinski definition) is 1. The SMILES string of the molecule is CNCCS(=O)(=O)c1ccc(F)c(C)c1. The van der Waals surface area contributed by atoms with Crippen molar-refractivity contribution in [1.29, 1.82) is 0 Å². The first-order chi connectivity index (χ1) is 6.97. The topological polar surface area (TPSA) is 46.2 Å². The van der Waals surface area contributed by atoms with Gasteiger partial charge in [-0.05, 0) is 37.7 Å². The van der Waals surface area contributed by atoms with E-state index in [0.717, 1.165) is 0 Å². The van der Waals surface area contributed by atoms with Crippen molar-refractivity contribution in [3.63, 3.8) is 0 Å². The number of rotatable bonds is 4. The van der Waals surface area contributed by atoms with Gasteiger partial charge in [0.25, 0.3) is 0 Å². The second-order valence-corrected chi connectivity index (χ2v) is 5.44. The largest absolute Gasteiger partial charge is 0.319 e. The number of halogens is 1. The van der Waals surface area contributed by atoms with Crippen LogP contribution in [0.1, 0.15) is 5.56 Å². The van der Waals surface area contributed by atoms with Gasteiger partial charge in [0, 0.05) is 6.54 Å². The molecule has 0 aliphatic rings. The molecule has 0 saturated heterocycles. The van der Waals surface area contributed by atoms with Crippen molar-refractivity contribution in [2.45, 2.75) is 11.8 Å². The van der Waals surface area contributed by atoms with Gasteiger partial charge in [0.2, 0.25) is 0 Å². The molecule has 84 valence electrons. The van der Waals surface area contributed by atoms with Crippen molar-refractivity contribution in [2.75, 3.05) is 19.3 Å². The lowest BCUT2D eigenvalue weighted by atomic mass is 10.2. The molecule has 0 atom stereocenters. The van der Waals surface area contributed by atoms with Crippen LogP contribution in [0.4, 0.5) is 4.39 Å². The van der Waals surface area contributed by atoms with E-state index >= 15 is 0 Å². The summed E-state index contributed by atoms with van der Waals surface area (Å²) in [5.41, 5.74) is 0.348. The van der Waals surface area contributed by atoms with E-state index in [1.807, 2.05) is 0 Å². The molecule has 0 spiro atoms. The highest BCUT2D eigenvalue weighted by atomic mass is 32.2. The van der Waals surface area contributed by atoms with Crippen LogP contribution in [0.2, 0.25) is 0 Å². The average Bonchev–Trinajstić information content (AvgIpc) is 2.19. The summed E-state index contributed by atoms with van der Waals surface area (Å²) in [7, 11) is -1.60. The zero-order chi connectivity index (χ0) is 11.5. The second-order valence-electron chi connectivity index (χ2n) is 3.33. The average molecular weight is 231 g/mol. The molecule has 0 heterocycles. The van der Waals surface area contributed by atoms with E-state index in [4.69, 9.17) is 0 Å². The van der Waals surface area contributed by atoms with E-state index in [9.17, 15) is 12.8 Å². The summed E-state index contributed by atoms with van der Waals surface area (Å²) < 4.78 is 36.3. The summed E-state index contributed by atoms with van der Waals surface area (Å²) in [5.74, 6) is -0.364. The van der Waals surface area contributed by atoms with Gasteiger partial charge in [-0.2, -0.15) is 0 Å². The molecular formula is C10H14FNO2S. The molecule has 1 N–H and O–H groups in total. The third-order valence-corrected chi connectivity index (χ3v) is 3.82. The standard InChI is InChI=1S/C10H14FNO2S/c1-8-7-9(3-4-10(8)11)15(13,14)6-5-12-2/h3-4,7,12H,5-6H2,1-2H3. The molecule has 15 heavy (non-hydrogen) atoms. The van der Waals surface area contributed by atoms with Crippen molar-refractivity contribution < 1.29 is 12.8 Å². The fraction of sp³-hybridized carbons (Fsp3) is 0.400. The van der Waals surface area contributed by atoms with E-state index in [1.54, 1.807) is 14.0 Å². The maximum Gasteiger partial charge on any atom is 0.179 e. The maximum atomic E-state index is 12.9. The Labute approximate surface area is 89.2 Å². The summed E-state index contributed by atoms with van der Waals surface area (Å²) in [6.45, 7) is 1.94. The molecule has 0 amide bonds. The van der Waals surface area contributed by atoms with Gasteiger partial charge in [-0.3, -0.25) is 0 Å². The molecule has 0 saturated carbocycles. The highest BCUT2D eigenvalue weighted by molar-refractivity contribution is 7.91. The first kappa shape index (κ1) is 12.1. The Kier molecular flexibility index (Phi) is 3.82.